The molecule has 29 heavy (non-hydrogen) atoms. The van der Waals surface area contributed by atoms with Gasteiger partial charge in [0.25, 0.3) is 0 Å². The van der Waals surface area contributed by atoms with Crippen molar-refractivity contribution in [3.8, 4) is 0 Å². The van der Waals surface area contributed by atoms with E-state index in [9.17, 15) is 17.6 Å². The summed E-state index contributed by atoms with van der Waals surface area (Å²) >= 11 is 0. The second-order valence-electron chi connectivity index (χ2n) is 7.10. The molecule has 2 aromatic carbocycles. The van der Waals surface area contributed by atoms with Crippen LogP contribution in [-0.2, 0) is 21.2 Å². The van der Waals surface area contributed by atoms with Crippen LogP contribution in [0.15, 0.2) is 59.5 Å². The summed E-state index contributed by atoms with van der Waals surface area (Å²) in [7, 11) is -3.65. The van der Waals surface area contributed by atoms with Gasteiger partial charge < -0.3 is 5.32 Å². The highest BCUT2D eigenvalue weighted by Crippen LogP contribution is 2.18. The van der Waals surface area contributed by atoms with E-state index < -0.39 is 15.8 Å². The molecule has 1 aliphatic heterocycles. The van der Waals surface area contributed by atoms with Gasteiger partial charge in [0.1, 0.15) is 5.82 Å². The van der Waals surface area contributed by atoms with Crippen LogP contribution >= 0.6 is 0 Å². The maximum absolute atomic E-state index is 13.1. The van der Waals surface area contributed by atoms with Crippen LogP contribution in [0.3, 0.4) is 0 Å². The Morgan fingerprint density at radius 3 is 2.28 bits per heavy atom. The van der Waals surface area contributed by atoms with E-state index in [0.717, 1.165) is 18.6 Å². The first kappa shape index (κ1) is 21.4. The van der Waals surface area contributed by atoms with Gasteiger partial charge >= 0.3 is 0 Å². The average molecular weight is 420 g/mol. The first-order valence-corrected chi connectivity index (χ1v) is 11.1. The summed E-state index contributed by atoms with van der Waals surface area (Å²) in [5.74, 6) is -0.531. The van der Waals surface area contributed by atoms with Gasteiger partial charge in [-0.1, -0.05) is 30.3 Å². The third-order valence-corrected chi connectivity index (χ3v) is 7.12. The monoisotopic (exact) mass is 419 g/mol. The second kappa shape index (κ2) is 9.47. The number of nitrogens with one attached hydrogen (secondary N) is 1. The van der Waals surface area contributed by atoms with Crippen molar-refractivity contribution in [2.24, 2.45) is 0 Å². The summed E-state index contributed by atoms with van der Waals surface area (Å²) in [4.78, 5) is 14.5. The van der Waals surface area contributed by atoms with E-state index in [1.54, 1.807) is 0 Å². The molecule has 1 N–H and O–H groups in total. The van der Waals surface area contributed by atoms with Gasteiger partial charge in [-0.15, -0.1) is 0 Å². The molecule has 1 fully saturated rings. The highest BCUT2D eigenvalue weighted by Gasteiger charge is 2.31. The topological polar surface area (TPSA) is 69.7 Å². The van der Waals surface area contributed by atoms with Crippen molar-refractivity contribution in [2.45, 2.75) is 24.3 Å². The molecule has 0 aliphatic carbocycles. The van der Waals surface area contributed by atoms with E-state index in [-0.39, 0.29) is 16.8 Å². The van der Waals surface area contributed by atoms with Crippen LogP contribution in [0.2, 0.25) is 0 Å². The minimum atomic E-state index is -3.65. The Balaban J connectivity index is 1.49. The quantitative estimate of drug-likeness (QED) is 0.744. The molecule has 0 unspecified atom stereocenters. The fourth-order valence-electron chi connectivity index (χ4n) is 3.38. The number of hydrogen-bond donors (Lipinski definition) is 1. The molecule has 3 rings (SSSR count). The molecular formula is C21H26FN3O3S. The number of halogens is 1. The van der Waals surface area contributed by atoms with E-state index in [4.69, 9.17) is 0 Å². The van der Waals surface area contributed by atoms with E-state index in [2.05, 4.69) is 5.32 Å². The number of benzene rings is 2. The lowest BCUT2D eigenvalue weighted by Gasteiger charge is -2.36. The van der Waals surface area contributed by atoms with E-state index in [1.807, 2.05) is 42.2 Å². The maximum atomic E-state index is 13.1. The largest absolute Gasteiger partial charge is 0.354 e. The van der Waals surface area contributed by atoms with Crippen LogP contribution in [0.25, 0.3) is 0 Å². The molecule has 2 aromatic rings. The van der Waals surface area contributed by atoms with Crippen molar-refractivity contribution in [1.82, 2.24) is 14.5 Å². The molecule has 0 aromatic heterocycles. The Morgan fingerprint density at radius 2 is 1.66 bits per heavy atom. The van der Waals surface area contributed by atoms with Gasteiger partial charge in [-0.2, -0.15) is 4.31 Å². The minimum Gasteiger partial charge on any atom is -0.354 e. The summed E-state index contributed by atoms with van der Waals surface area (Å²) in [5, 5.41) is 2.95. The lowest BCUT2D eigenvalue weighted by Crippen LogP contribution is -2.55. The number of carbonyl (C=O) groups excluding carboxylic acids is 1. The molecule has 1 atom stereocenters. The van der Waals surface area contributed by atoms with Crippen LogP contribution in [0.1, 0.15) is 12.5 Å². The van der Waals surface area contributed by atoms with Crippen LogP contribution in [-0.4, -0.2) is 62.3 Å². The fourth-order valence-corrected chi connectivity index (χ4v) is 4.80. The Kier molecular flexibility index (Phi) is 7.00. The normalized spacial score (nSPS) is 17.0. The number of rotatable bonds is 7. The fraction of sp³-hybridized carbons (Fsp3) is 0.381. The molecule has 8 heteroatoms. The van der Waals surface area contributed by atoms with Crippen molar-refractivity contribution in [1.29, 1.82) is 0 Å². The number of hydrogen-bond acceptors (Lipinski definition) is 4. The molecule has 1 heterocycles. The Hall–Kier alpha value is -2.29. The Labute approximate surface area is 171 Å². The van der Waals surface area contributed by atoms with Gasteiger partial charge in [0, 0.05) is 32.7 Å². The summed E-state index contributed by atoms with van der Waals surface area (Å²) < 4.78 is 39.8. The standard InChI is InChI=1S/C21H26FN3O3S/c1-17(21(26)23-12-11-18-5-3-2-4-6-18)24-13-15-25(16-14-24)29(27,28)20-9-7-19(22)8-10-20/h2-10,17H,11-16H2,1H3,(H,23,26)/t17-/m0/s1. The third-order valence-electron chi connectivity index (χ3n) is 5.21. The van der Waals surface area contributed by atoms with Crippen molar-refractivity contribution in [3.63, 3.8) is 0 Å². The molecular weight excluding hydrogens is 393 g/mol. The van der Waals surface area contributed by atoms with Crippen molar-refractivity contribution < 1.29 is 17.6 Å². The smallest absolute Gasteiger partial charge is 0.243 e. The molecule has 0 spiro atoms. The number of nitrogens with zero attached hydrogens (tertiary/aromatic N) is 2. The van der Waals surface area contributed by atoms with Gasteiger partial charge in [-0.05, 0) is 43.2 Å². The van der Waals surface area contributed by atoms with Gasteiger partial charge in [0.15, 0.2) is 0 Å². The van der Waals surface area contributed by atoms with Crippen LogP contribution in [0.5, 0.6) is 0 Å². The maximum Gasteiger partial charge on any atom is 0.243 e. The van der Waals surface area contributed by atoms with Crippen molar-refractivity contribution in [2.75, 3.05) is 32.7 Å². The molecule has 0 radical (unpaired) electrons. The predicted octanol–water partition coefficient (Wildman–Crippen LogP) is 1.88. The summed E-state index contributed by atoms with van der Waals surface area (Å²) in [6.45, 7) is 3.91. The van der Waals surface area contributed by atoms with Crippen LogP contribution < -0.4 is 5.32 Å². The highest BCUT2D eigenvalue weighted by molar-refractivity contribution is 7.89. The SMILES string of the molecule is C[C@@H](C(=O)NCCc1ccccc1)N1CCN(S(=O)(=O)c2ccc(F)cc2)CC1. The zero-order chi connectivity index (χ0) is 20.9. The summed E-state index contributed by atoms with van der Waals surface area (Å²) in [5.41, 5.74) is 1.17. The highest BCUT2D eigenvalue weighted by atomic mass is 32.2. The third kappa shape index (κ3) is 5.41. The molecule has 0 bridgehead atoms. The van der Waals surface area contributed by atoms with Crippen molar-refractivity contribution >= 4 is 15.9 Å². The number of piperazine rings is 1. The van der Waals surface area contributed by atoms with Gasteiger partial charge in [-0.3, -0.25) is 9.69 Å². The van der Waals surface area contributed by atoms with E-state index in [0.29, 0.717) is 32.7 Å². The molecule has 0 saturated carbocycles. The lowest BCUT2D eigenvalue weighted by atomic mass is 10.1. The van der Waals surface area contributed by atoms with E-state index >= 15 is 0 Å². The number of carbonyl (C=O) groups is 1. The van der Waals surface area contributed by atoms with Crippen molar-refractivity contribution in [3.05, 3.63) is 66.0 Å². The molecule has 156 valence electrons. The van der Waals surface area contributed by atoms with Gasteiger partial charge in [0.05, 0.1) is 10.9 Å². The zero-order valence-corrected chi connectivity index (χ0v) is 17.2. The van der Waals surface area contributed by atoms with Crippen LogP contribution in [0.4, 0.5) is 4.39 Å². The predicted molar refractivity (Wildman–Crippen MR) is 109 cm³/mol. The molecule has 1 aliphatic rings. The first-order chi connectivity index (χ1) is 13.9. The number of amides is 1. The zero-order valence-electron chi connectivity index (χ0n) is 16.4. The minimum absolute atomic E-state index is 0.0595. The summed E-state index contributed by atoms with van der Waals surface area (Å²) in [6, 6.07) is 14.5. The molecule has 1 saturated heterocycles. The Morgan fingerprint density at radius 1 is 1.03 bits per heavy atom. The molecule has 6 nitrogen and oxygen atoms in total. The lowest BCUT2D eigenvalue weighted by molar-refractivity contribution is -0.126. The van der Waals surface area contributed by atoms with Gasteiger partial charge in [0.2, 0.25) is 15.9 Å². The van der Waals surface area contributed by atoms with Crippen LogP contribution in [0, 0.1) is 5.82 Å². The van der Waals surface area contributed by atoms with E-state index in [1.165, 1.54) is 22.0 Å². The number of sulfonamides is 1. The Bertz CT molecular complexity index is 912. The second-order valence-corrected chi connectivity index (χ2v) is 9.03. The summed E-state index contributed by atoms with van der Waals surface area (Å²) in [6.07, 6.45) is 0.767. The molecule has 1 amide bonds. The van der Waals surface area contributed by atoms with Gasteiger partial charge in [-0.25, -0.2) is 12.8 Å². The average Bonchev–Trinajstić information content (AvgIpc) is 2.74. The first-order valence-electron chi connectivity index (χ1n) is 9.69.